The molecule has 13 heteroatoms. The third kappa shape index (κ3) is 4.72. The number of hydrogen-bond donors (Lipinski definition) is 3. The van der Waals surface area contributed by atoms with E-state index < -0.39 is 0 Å². The van der Waals surface area contributed by atoms with Crippen molar-refractivity contribution >= 4 is 45.1 Å². The number of fused-ring (bicyclic) bond motifs is 3. The largest absolute Gasteiger partial charge is 0.495 e. The molecule has 1 saturated heterocycles. The molecule has 0 saturated carbocycles. The van der Waals surface area contributed by atoms with Crippen LogP contribution in [0.15, 0.2) is 43.1 Å². The zero-order valence-corrected chi connectivity index (χ0v) is 22.2. The molecular formula is C26H27ClN10O2. The summed E-state index contributed by atoms with van der Waals surface area (Å²) >= 11 is 6.32. The molecule has 0 unspecified atom stereocenters. The lowest BCUT2D eigenvalue weighted by atomic mass is 10.1. The summed E-state index contributed by atoms with van der Waals surface area (Å²) in [7, 11) is 1.58. The monoisotopic (exact) mass is 546 g/mol. The summed E-state index contributed by atoms with van der Waals surface area (Å²) in [5.41, 5.74) is 2.01. The number of imidazole rings is 1. The van der Waals surface area contributed by atoms with E-state index in [9.17, 15) is 4.79 Å². The highest BCUT2D eigenvalue weighted by Crippen LogP contribution is 2.32. The number of methoxy groups -OCH3 is 1. The van der Waals surface area contributed by atoms with Crippen molar-refractivity contribution in [1.29, 1.82) is 0 Å². The number of hydrogen-bond acceptors (Lipinski definition) is 9. The number of carbonyl (C=O) groups is 1. The fourth-order valence-electron chi connectivity index (χ4n) is 4.80. The van der Waals surface area contributed by atoms with Crippen molar-refractivity contribution in [1.82, 2.24) is 45.1 Å². The quantitative estimate of drug-likeness (QED) is 0.268. The van der Waals surface area contributed by atoms with Crippen LogP contribution in [0, 0.1) is 0 Å². The molecule has 0 bridgehead atoms. The Kier molecular flexibility index (Phi) is 6.71. The van der Waals surface area contributed by atoms with E-state index >= 15 is 0 Å². The van der Waals surface area contributed by atoms with Crippen LogP contribution in [0.3, 0.4) is 0 Å². The van der Waals surface area contributed by atoms with Gasteiger partial charge in [0, 0.05) is 48.8 Å². The highest BCUT2D eigenvalue weighted by atomic mass is 35.5. The Morgan fingerprint density at radius 3 is 2.90 bits per heavy atom. The van der Waals surface area contributed by atoms with Gasteiger partial charge in [-0.15, -0.1) is 10.2 Å². The van der Waals surface area contributed by atoms with E-state index in [0.29, 0.717) is 41.2 Å². The molecule has 39 heavy (non-hydrogen) atoms. The third-order valence-electron chi connectivity index (χ3n) is 6.82. The normalized spacial score (nSPS) is 15.2. The van der Waals surface area contributed by atoms with Crippen molar-refractivity contribution in [3.63, 3.8) is 0 Å². The number of pyridine rings is 1. The second kappa shape index (κ2) is 10.5. The molecule has 3 N–H and O–H groups in total. The summed E-state index contributed by atoms with van der Waals surface area (Å²) in [5, 5.41) is 26.1. The second-order valence-corrected chi connectivity index (χ2v) is 9.68. The molecule has 1 aliphatic heterocycles. The minimum absolute atomic E-state index is 0.0989. The topological polar surface area (TPSA) is 137 Å². The van der Waals surface area contributed by atoms with E-state index in [1.54, 1.807) is 36.6 Å². The summed E-state index contributed by atoms with van der Waals surface area (Å²) in [4.78, 5) is 21.8. The molecule has 5 aromatic rings. The molecule has 1 atom stereocenters. The number of halogens is 1. The van der Waals surface area contributed by atoms with Crippen molar-refractivity contribution in [2.75, 3.05) is 25.5 Å². The van der Waals surface area contributed by atoms with Crippen molar-refractivity contribution in [3.8, 4) is 11.6 Å². The lowest BCUT2D eigenvalue weighted by molar-refractivity contribution is 0.0935. The number of nitrogens with one attached hydrogen (secondary N) is 3. The third-order valence-corrected chi connectivity index (χ3v) is 7.12. The molecule has 200 valence electrons. The number of rotatable bonds is 8. The van der Waals surface area contributed by atoms with Crippen LogP contribution in [0.1, 0.15) is 29.4 Å². The van der Waals surface area contributed by atoms with Gasteiger partial charge in [-0.05, 0) is 37.6 Å². The summed E-state index contributed by atoms with van der Waals surface area (Å²) in [5.74, 6) is 1.48. The van der Waals surface area contributed by atoms with Gasteiger partial charge in [0.25, 0.3) is 5.91 Å². The van der Waals surface area contributed by atoms with Crippen LogP contribution in [-0.2, 0) is 13.1 Å². The van der Waals surface area contributed by atoms with Crippen LogP contribution >= 0.6 is 11.6 Å². The highest BCUT2D eigenvalue weighted by Gasteiger charge is 2.21. The number of aromatic nitrogens is 7. The Morgan fingerprint density at radius 1 is 1.23 bits per heavy atom. The first-order chi connectivity index (χ1) is 19.1. The molecule has 1 aromatic carbocycles. The van der Waals surface area contributed by atoms with Crippen LogP contribution < -0.4 is 20.7 Å². The predicted molar refractivity (Wildman–Crippen MR) is 147 cm³/mol. The van der Waals surface area contributed by atoms with Gasteiger partial charge in [0.2, 0.25) is 0 Å². The summed E-state index contributed by atoms with van der Waals surface area (Å²) in [6.45, 7) is 4.80. The van der Waals surface area contributed by atoms with E-state index in [1.807, 2.05) is 29.8 Å². The first kappa shape index (κ1) is 25.0. The molecule has 0 aliphatic carbocycles. The lowest BCUT2D eigenvalue weighted by Gasteiger charge is -2.13. The molecule has 5 heterocycles. The van der Waals surface area contributed by atoms with Crippen LogP contribution in [0.2, 0.25) is 5.02 Å². The Morgan fingerprint density at radius 2 is 2.13 bits per heavy atom. The molecule has 1 amide bonds. The minimum atomic E-state index is -0.221. The first-order valence-corrected chi connectivity index (χ1v) is 13.1. The average Bonchev–Trinajstić information content (AvgIpc) is 3.72. The van der Waals surface area contributed by atoms with E-state index in [2.05, 4.69) is 41.2 Å². The first-order valence-electron chi connectivity index (χ1n) is 12.7. The lowest BCUT2D eigenvalue weighted by Crippen LogP contribution is -2.36. The molecular weight excluding hydrogens is 520 g/mol. The highest BCUT2D eigenvalue weighted by molar-refractivity contribution is 6.32. The van der Waals surface area contributed by atoms with Gasteiger partial charge in [-0.25, -0.2) is 14.6 Å². The van der Waals surface area contributed by atoms with Gasteiger partial charge >= 0.3 is 0 Å². The number of carbonyl (C=O) groups excluding carboxylic acids is 1. The van der Waals surface area contributed by atoms with Gasteiger partial charge in [-0.1, -0.05) is 17.7 Å². The van der Waals surface area contributed by atoms with Crippen molar-refractivity contribution < 1.29 is 9.53 Å². The predicted octanol–water partition coefficient (Wildman–Crippen LogP) is 2.95. The zero-order valence-electron chi connectivity index (χ0n) is 21.5. The standard InChI is InChI=1S/C26H27ClN10O2/c1-3-37-24-18(12-32-37)22-17(11-30-24)25(36-13-20(31-14-36)26(38)33-16-6-7-28-10-16)35-34-23(22)29-9-15-4-5-21(39-2)19(27)8-15/h4-5,8,11-14,16,28H,3,6-7,9-10H2,1-2H3,(H,29,34)(H,33,38)/t16-/m0/s1. The summed E-state index contributed by atoms with van der Waals surface area (Å²) in [6, 6.07) is 5.72. The van der Waals surface area contributed by atoms with Gasteiger partial charge in [0.05, 0.1) is 23.7 Å². The van der Waals surface area contributed by atoms with Crippen molar-refractivity contribution in [3.05, 3.63) is 59.4 Å². The maximum absolute atomic E-state index is 12.8. The van der Waals surface area contributed by atoms with Crippen LogP contribution in [0.4, 0.5) is 5.82 Å². The van der Waals surface area contributed by atoms with Gasteiger partial charge in [0.1, 0.15) is 17.8 Å². The zero-order chi connectivity index (χ0) is 26.9. The van der Waals surface area contributed by atoms with E-state index in [-0.39, 0.29) is 11.9 Å². The number of ether oxygens (including phenoxy) is 1. The number of amides is 1. The fourth-order valence-corrected chi connectivity index (χ4v) is 5.08. The van der Waals surface area contributed by atoms with E-state index in [1.165, 1.54) is 0 Å². The van der Waals surface area contributed by atoms with Crippen molar-refractivity contribution in [2.45, 2.75) is 32.5 Å². The van der Waals surface area contributed by atoms with Crippen molar-refractivity contribution in [2.24, 2.45) is 0 Å². The van der Waals surface area contributed by atoms with Gasteiger partial charge < -0.3 is 20.7 Å². The average molecular weight is 547 g/mol. The number of nitrogens with zero attached hydrogens (tertiary/aromatic N) is 7. The number of anilines is 1. The summed E-state index contributed by atoms with van der Waals surface area (Å²) < 4.78 is 8.79. The molecule has 6 rings (SSSR count). The molecule has 0 radical (unpaired) electrons. The maximum Gasteiger partial charge on any atom is 0.271 e. The Balaban J connectivity index is 1.38. The van der Waals surface area contributed by atoms with Crippen LogP contribution in [-0.4, -0.2) is 66.7 Å². The molecule has 4 aromatic heterocycles. The molecule has 12 nitrogen and oxygen atoms in total. The van der Waals surface area contributed by atoms with E-state index in [4.69, 9.17) is 16.3 Å². The fraction of sp³-hybridized carbons (Fsp3) is 0.308. The Bertz CT molecular complexity index is 1670. The smallest absolute Gasteiger partial charge is 0.271 e. The molecule has 1 aliphatic rings. The summed E-state index contributed by atoms with van der Waals surface area (Å²) in [6.07, 6.45) is 7.67. The minimum Gasteiger partial charge on any atom is -0.495 e. The molecule has 0 spiro atoms. The van der Waals surface area contributed by atoms with Gasteiger partial charge in [-0.2, -0.15) is 5.10 Å². The van der Waals surface area contributed by atoms with Gasteiger partial charge in [0.15, 0.2) is 17.3 Å². The maximum atomic E-state index is 12.8. The number of aryl methyl sites for hydroxylation is 1. The van der Waals surface area contributed by atoms with Crippen LogP contribution in [0.5, 0.6) is 5.75 Å². The van der Waals surface area contributed by atoms with Gasteiger partial charge in [-0.3, -0.25) is 9.36 Å². The second-order valence-electron chi connectivity index (χ2n) is 9.27. The number of benzene rings is 1. The van der Waals surface area contributed by atoms with E-state index in [0.717, 1.165) is 46.9 Å². The Labute approximate surface area is 228 Å². The molecule has 1 fully saturated rings. The van der Waals surface area contributed by atoms with Crippen LogP contribution in [0.25, 0.3) is 27.6 Å². The Hall–Kier alpha value is -4.29. The SMILES string of the molecule is CCn1ncc2c3c(NCc4ccc(OC)c(Cl)c4)nnc(-n4cnc(C(=O)N[C@H]5CCNC5)c4)c3cnc21.